The monoisotopic (exact) mass is 232 g/mol. The summed E-state index contributed by atoms with van der Waals surface area (Å²) in [6, 6.07) is 3.86. The first-order valence-electron chi connectivity index (χ1n) is 6.44. The van der Waals surface area contributed by atoms with Crippen LogP contribution in [-0.4, -0.2) is 10.9 Å². The van der Waals surface area contributed by atoms with Gasteiger partial charge in [-0.25, -0.2) is 0 Å². The summed E-state index contributed by atoms with van der Waals surface area (Å²) < 4.78 is 0. The molecule has 1 aliphatic rings. The summed E-state index contributed by atoms with van der Waals surface area (Å²) >= 11 is 0. The number of carbonyl (C=O) groups is 1. The molecule has 92 valence electrons. The van der Waals surface area contributed by atoms with E-state index in [-0.39, 0.29) is 11.8 Å². The fourth-order valence-corrected chi connectivity index (χ4v) is 2.52. The lowest BCUT2D eigenvalue weighted by Crippen LogP contribution is -2.32. The highest BCUT2D eigenvalue weighted by molar-refractivity contribution is 5.78. The van der Waals surface area contributed by atoms with Gasteiger partial charge in [-0.15, -0.1) is 0 Å². The van der Waals surface area contributed by atoms with Crippen molar-refractivity contribution >= 4 is 5.91 Å². The van der Waals surface area contributed by atoms with Crippen LogP contribution in [0.25, 0.3) is 0 Å². The summed E-state index contributed by atoms with van der Waals surface area (Å²) in [7, 11) is 0. The van der Waals surface area contributed by atoms with Crippen LogP contribution in [0.1, 0.15) is 38.2 Å². The van der Waals surface area contributed by atoms with Gasteiger partial charge < -0.3 is 5.32 Å². The molecular formula is C14H20N2O. The molecule has 3 nitrogen and oxygen atoms in total. The molecule has 1 heterocycles. The van der Waals surface area contributed by atoms with E-state index in [2.05, 4.69) is 17.2 Å². The van der Waals surface area contributed by atoms with E-state index in [4.69, 9.17) is 0 Å². The molecule has 1 saturated carbocycles. The first-order chi connectivity index (χ1) is 8.27. The molecule has 0 radical (unpaired) electrons. The van der Waals surface area contributed by atoms with E-state index in [0.29, 0.717) is 12.5 Å². The number of rotatable bonds is 4. The average molecular weight is 232 g/mol. The molecule has 1 aliphatic carbocycles. The van der Waals surface area contributed by atoms with Gasteiger partial charge in [0.15, 0.2) is 0 Å². The highest BCUT2D eigenvalue weighted by atomic mass is 16.1. The Morgan fingerprint density at radius 2 is 2.06 bits per heavy atom. The second-order valence-corrected chi connectivity index (χ2v) is 4.91. The number of aromatic nitrogens is 1. The molecule has 17 heavy (non-hydrogen) atoms. The summed E-state index contributed by atoms with van der Waals surface area (Å²) in [6.07, 6.45) is 8.50. The number of hydrogen-bond acceptors (Lipinski definition) is 2. The largest absolute Gasteiger partial charge is 0.352 e. The molecule has 1 amide bonds. The minimum atomic E-state index is 0.152. The zero-order valence-electron chi connectivity index (χ0n) is 10.4. The van der Waals surface area contributed by atoms with Crippen LogP contribution >= 0.6 is 0 Å². The molecule has 1 aromatic rings. The molecule has 1 aromatic heterocycles. The van der Waals surface area contributed by atoms with Crippen LogP contribution in [0.15, 0.2) is 24.5 Å². The normalized spacial score (nSPS) is 17.9. The molecule has 0 aliphatic heterocycles. The third kappa shape index (κ3) is 3.29. The number of carbonyl (C=O) groups excluding carboxylic acids is 1. The summed E-state index contributed by atoms with van der Waals surface area (Å²) in [5, 5.41) is 3.01. The van der Waals surface area contributed by atoms with Gasteiger partial charge in [-0.05, 0) is 36.5 Å². The lowest BCUT2D eigenvalue weighted by atomic mass is 9.92. The lowest BCUT2D eigenvalue weighted by Gasteiger charge is -2.18. The summed E-state index contributed by atoms with van der Waals surface area (Å²) in [5.74, 6) is 0.931. The van der Waals surface area contributed by atoms with Crippen molar-refractivity contribution < 1.29 is 4.79 Å². The first-order valence-corrected chi connectivity index (χ1v) is 6.44. The minimum Gasteiger partial charge on any atom is -0.352 e. The van der Waals surface area contributed by atoms with E-state index in [0.717, 1.165) is 5.56 Å². The molecule has 0 aromatic carbocycles. The second kappa shape index (κ2) is 5.80. The third-order valence-electron chi connectivity index (χ3n) is 3.74. The molecule has 1 N–H and O–H groups in total. The van der Waals surface area contributed by atoms with Crippen molar-refractivity contribution in [2.24, 2.45) is 11.8 Å². The maximum atomic E-state index is 12.0. The van der Waals surface area contributed by atoms with Gasteiger partial charge in [0.2, 0.25) is 5.91 Å². The number of amides is 1. The maximum absolute atomic E-state index is 12.0. The maximum Gasteiger partial charge on any atom is 0.223 e. The Morgan fingerprint density at radius 3 is 2.71 bits per heavy atom. The Morgan fingerprint density at radius 1 is 1.41 bits per heavy atom. The van der Waals surface area contributed by atoms with Crippen molar-refractivity contribution in [2.45, 2.75) is 39.2 Å². The van der Waals surface area contributed by atoms with Crippen LogP contribution in [0.5, 0.6) is 0 Å². The fourth-order valence-electron chi connectivity index (χ4n) is 2.52. The fraction of sp³-hybridized carbons (Fsp3) is 0.571. The number of pyridine rings is 1. The molecule has 0 spiro atoms. The van der Waals surface area contributed by atoms with Crippen molar-refractivity contribution in [3.05, 3.63) is 30.1 Å². The Labute approximate surface area is 103 Å². The van der Waals surface area contributed by atoms with Gasteiger partial charge in [0.25, 0.3) is 0 Å². The zero-order valence-corrected chi connectivity index (χ0v) is 10.4. The van der Waals surface area contributed by atoms with Crippen molar-refractivity contribution in [3.8, 4) is 0 Å². The van der Waals surface area contributed by atoms with Crippen LogP contribution in [0.3, 0.4) is 0 Å². The Balaban J connectivity index is 1.80. The van der Waals surface area contributed by atoms with Gasteiger partial charge in [-0.1, -0.05) is 19.8 Å². The summed E-state index contributed by atoms with van der Waals surface area (Å²) in [5.41, 5.74) is 1.10. The molecule has 2 rings (SSSR count). The van der Waals surface area contributed by atoms with Gasteiger partial charge in [-0.3, -0.25) is 9.78 Å². The van der Waals surface area contributed by atoms with Gasteiger partial charge in [0.1, 0.15) is 0 Å². The van der Waals surface area contributed by atoms with Crippen molar-refractivity contribution in [2.75, 3.05) is 0 Å². The SMILES string of the molecule is CC(C(=O)NCc1ccncc1)C1CCCC1. The Kier molecular flexibility index (Phi) is 4.13. The van der Waals surface area contributed by atoms with E-state index in [1.807, 2.05) is 12.1 Å². The number of nitrogens with zero attached hydrogens (tertiary/aromatic N) is 1. The molecule has 3 heteroatoms. The van der Waals surface area contributed by atoms with Crippen molar-refractivity contribution in [1.82, 2.24) is 10.3 Å². The minimum absolute atomic E-state index is 0.152. The average Bonchev–Trinajstić information content (AvgIpc) is 2.90. The molecule has 0 bridgehead atoms. The first kappa shape index (κ1) is 12.1. The highest BCUT2D eigenvalue weighted by Crippen LogP contribution is 2.31. The molecule has 1 fully saturated rings. The summed E-state index contributed by atoms with van der Waals surface area (Å²) in [4.78, 5) is 15.9. The highest BCUT2D eigenvalue weighted by Gasteiger charge is 2.26. The quantitative estimate of drug-likeness (QED) is 0.866. The van der Waals surface area contributed by atoms with Gasteiger partial charge in [0.05, 0.1) is 0 Å². The number of hydrogen-bond donors (Lipinski definition) is 1. The molecule has 1 atom stereocenters. The Bertz CT molecular complexity index is 358. The van der Waals surface area contributed by atoms with E-state index in [9.17, 15) is 4.79 Å². The van der Waals surface area contributed by atoms with Gasteiger partial charge >= 0.3 is 0 Å². The van der Waals surface area contributed by atoms with Crippen molar-refractivity contribution in [1.29, 1.82) is 0 Å². The molecule has 1 unspecified atom stereocenters. The van der Waals surface area contributed by atoms with Crippen LogP contribution in [0.2, 0.25) is 0 Å². The van der Waals surface area contributed by atoms with E-state index in [1.165, 1.54) is 25.7 Å². The number of nitrogens with one attached hydrogen (secondary N) is 1. The predicted octanol–water partition coefficient (Wildman–Crippen LogP) is 2.52. The second-order valence-electron chi connectivity index (χ2n) is 4.91. The van der Waals surface area contributed by atoms with Gasteiger partial charge in [0, 0.05) is 24.9 Å². The van der Waals surface area contributed by atoms with Crippen LogP contribution in [-0.2, 0) is 11.3 Å². The summed E-state index contributed by atoms with van der Waals surface area (Å²) in [6.45, 7) is 2.66. The van der Waals surface area contributed by atoms with Gasteiger partial charge in [-0.2, -0.15) is 0 Å². The van der Waals surface area contributed by atoms with E-state index in [1.54, 1.807) is 12.4 Å². The lowest BCUT2D eigenvalue weighted by molar-refractivity contribution is -0.126. The van der Waals surface area contributed by atoms with Crippen molar-refractivity contribution in [3.63, 3.8) is 0 Å². The van der Waals surface area contributed by atoms with Crippen LogP contribution < -0.4 is 5.32 Å². The zero-order chi connectivity index (χ0) is 12.1. The Hall–Kier alpha value is -1.38. The topological polar surface area (TPSA) is 42.0 Å². The predicted molar refractivity (Wildman–Crippen MR) is 67.2 cm³/mol. The van der Waals surface area contributed by atoms with E-state index < -0.39 is 0 Å². The standard InChI is InChI=1S/C14H20N2O/c1-11(13-4-2-3-5-13)14(17)16-10-12-6-8-15-9-7-12/h6-9,11,13H,2-5,10H2,1H3,(H,16,17). The van der Waals surface area contributed by atoms with Crippen LogP contribution in [0, 0.1) is 11.8 Å². The smallest absolute Gasteiger partial charge is 0.223 e. The molecular weight excluding hydrogens is 212 g/mol. The van der Waals surface area contributed by atoms with Crippen LogP contribution in [0.4, 0.5) is 0 Å². The van der Waals surface area contributed by atoms with E-state index >= 15 is 0 Å². The molecule has 0 saturated heterocycles. The third-order valence-corrected chi connectivity index (χ3v) is 3.74.